The maximum Gasteiger partial charge on any atom is 0.222 e. The van der Waals surface area contributed by atoms with Crippen LogP contribution in [0, 0.1) is 67.3 Å². The Hall–Kier alpha value is -2.64. The summed E-state index contributed by atoms with van der Waals surface area (Å²) in [6.45, 7) is 1.42. The predicted octanol–water partition coefficient (Wildman–Crippen LogP) is 2.69. The fraction of sp³-hybridized carbons (Fsp3) is 0.714. The predicted molar refractivity (Wildman–Crippen MR) is 72.5 cm³/mol. The van der Waals surface area contributed by atoms with Crippen LogP contribution >= 0.6 is 0 Å². The summed E-state index contributed by atoms with van der Waals surface area (Å²) in [6.07, 6.45) is 0.910. The first kappa shape index (κ1) is 18.4. The van der Waals surface area contributed by atoms with Crippen LogP contribution in [0.5, 0.6) is 0 Å². The molecule has 2 atom stereocenters. The highest BCUT2D eigenvalue weighted by Gasteiger charge is 2.41. The molecule has 0 aromatic carbocycles. The SMILES string of the molecule is CC(CC(C#N)CCC#N)(CC(C#N)CCC#N)[N+](=O)[O-]. The lowest BCUT2D eigenvalue weighted by molar-refractivity contribution is -0.570. The lowest BCUT2D eigenvalue weighted by Crippen LogP contribution is -2.38. The van der Waals surface area contributed by atoms with E-state index in [1.807, 2.05) is 24.3 Å². The summed E-state index contributed by atoms with van der Waals surface area (Å²) in [6, 6.07) is 7.82. The molecule has 7 heteroatoms. The van der Waals surface area contributed by atoms with E-state index in [0.717, 1.165) is 0 Å². The van der Waals surface area contributed by atoms with Crippen LogP contribution in [0.2, 0.25) is 0 Å². The monoisotopic (exact) mass is 287 g/mol. The molecule has 110 valence electrons. The van der Waals surface area contributed by atoms with Crippen LogP contribution in [0.3, 0.4) is 0 Å². The second-order valence-corrected chi connectivity index (χ2v) is 5.21. The Labute approximate surface area is 124 Å². The molecule has 0 aliphatic carbocycles. The van der Waals surface area contributed by atoms with Gasteiger partial charge in [-0.2, -0.15) is 21.0 Å². The first-order valence-electron chi connectivity index (χ1n) is 6.61. The van der Waals surface area contributed by atoms with Crippen LogP contribution in [-0.2, 0) is 0 Å². The van der Waals surface area contributed by atoms with Gasteiger partial charge in [-0.25, -0.2) is 0 Å². The van der Waals surface area contributed by atoms with Gasteiger partial charge >= 0.3 is 0 Å². The fourth-order valence-electron chi connectivity index (χ4n) is 2.20. The summed E-state index contributed by atoms with van der Waals surface area (Å²) < 4.78 is 0. The Balaban J connectivity index is 4.96. The third kappa shape index (κ3) is 6.37. The van der Waals surface area contributed by atoms with Crippen molar-refractivity contribution < 1.29 is 4.92 Å². The van der Waals surface area contributed by atoms with Crippen molar-refractivity contribution in [2.75, 3.05) is 0 Å². The molecule has 0 N–H and O–H groups in total. The normalized spacial score (nSPS) is 15.3. The minimum absolute atomic E-state index is 0.00289. The Bertz CT molecular complexity index is 479. The summed E-state index contributed by atoms with van der Waals surface area (Å²) in [7, 11) is 0. The minimum atomic E-state index is -1.40. The van der Waals surface area contributed by atoms with Crippen molar-refractivity contribution in [1.29, 1.82) is 21.0 Å². The number of nitro groups is 1. The van der Waals surface area contributed by atoms with Gasteiger partial charge in [-0.1, -0.05) is 0 Å². The summed E-state index contributed by atoms with van der Waals surface area (Å²) in [5.74, 6) is -1.18. The smallest absolute Gasteiger partial charge is 0.222 e. The van der Waals surface area contributed by atoms with E-state index in [1.54, 1.807) is 0 Å². The molecule has 0 aromatic rings. The van der Waals surface area contributed by atoms with Gasteiger partial charge in [0.05, 0.1) is 36.1 Å². The molecule has 21 heavy (non-hydrogen) atoms. The van der Waals surface area contributed by atoms with Gasteiger partial charge in [0.2, 0.25) is 5.54 Å². The average Bonchev–Trinajstić information content (AvgIpc) is 2.47. The van der Waals surface area contributed by atoms with E-state index in [2.05, 4.69) is 0 Å². The van der Waals surface area contributed by atoms with Crippen molar-refractivity contribution in [3.05, 3.63) is 10.1 Å². The van der Waals surface area contributed by atoms with E-state index in [0.29, 0.717) is 0 Å². The number of hydrogen-bond donors (Lipinski definition) is 0. The van der Waals surface area contributed by atoms with Gasteiger partial charge in [-0.3, -0.25) is 10.1 Å². The van der Waals surface area contributed by atoms with Crippen LogP contribution in [0.1, 0.15) is 45.4 Å². The minimum Gasteiger partial charge on any atom is -0.264 e. The fourth-order valence-corrected chi connectivity index (χ4v) is 2.20. The molecule has 0 heterocycles. The van der Waals surface area contributed by atoms with E-state index in [1.165, 1.54) is 6.92 Å². The van der Waals surface area contributed by atoms with E-state index in [4.69, 9.17) is 21.0 Å². The van der Waals surface area contributed by atoms with Crippen LogP contribution in [-0.4, -0.2) is 10.5 Å². The van der Waals surface area contributed by atoms with Crippen LogP contribution in [0.15, 0.2) is 0 Å². The topological polar surface area (TPSA) is 138 Å². The van der Waals surface area contributed by atoms with Crippen LogP contribution in [0.4, 0.5) is 0 Å². The van der Waals surface area contributed by atoms with Gasteiger partial charge in [0.1, 0.15) is 0 Å². The Kier molecular flexibility index (Phi) is 8.13. The molecule has 0 aromatic heterocycles. The summed E-state index contributed by atoms with van der Waals surface area (Å²) in [5, 5.41) is 46.5. The zero-order valence-corrected chi connectivity index (χ0v) is 11.9. The Morgan fingerprint density at radius 3 is 1.62 bits per heavy atom. The van der Waals surface area contributed by atoms with Crippen molar-refractivity contribution in [3.8, 4) is 24.3 Å². The molecular weight excluding hydrogens is 270 g/mol. The lowest BCUT2D eigenvalue weighted by Gasteiger charge is -2.24. The van der Waals surface area contributed by atoms with E-state index in [-0.39, 0.29) is 38.5 Å². The zero-order chi connectivity index (χ0) is 16.3. The van der Waals surface area contributed by atoms with Gasteiger partial charge in [-0.05, 0) is 12.8 Å². The van der Waals surface area contributed by atoms with Crippen LogP contribution in [0.25, 0.3) is 0 Å². The molecule has 2 unspecified atom stereocenters. The van der Waals surface area contributed by atoms with Crippen molar-refractivity contribution in [2.45, 2.75) is 51.0 Å². The summed E-state index contributed by atoms with van der Waals surface area (Å²) in [4.78, 5) is 10.9. The summed E-state index contributed by atoms with van der Waals surface area (Å²) in [5.41, 5.74) is -1.40. The van der Waals surface area contributed by atoms with E-state index in [9.17, 15) is 10.1 Å². The molecule has 0 bridgehead atoms. The van der Waals surface area contributed by atoms with Crippen LogP contribution < -0.4 is 0 Å². The molecule has 0 fully saturated rings. The molecule has 0 spiro atoms. The molecule has 0 rings (SSSR count). The van der Waals surface area contributed by atoms with Gasteiger partial charge in [0.15, 0.2) is 0 Å². The van der Waals surface area contributed by atoms with Crippen molar-refractivity contribution in [2.24, 2.45) is 11.8 Å². The molecule has 0 amide bonds. The number of rotatable bonds is 9. The average molecular weight is 287 g/mol. The first-order valence-corrected chi connectivity index (χ1v) is 6.61. The number of hydrogen-bond acceptors (Lipinski definition) is 6. The van der Waals surface area contributed by atoms with Gasteiger partial charge in [-0.15, -0.1) is 0 Å². The van der Waals surface area contributed by atoms with E-state index >= 15 is 0 Å². The van der Waals surface area contributed by atoms with Gasteiger partial charge < -0.3 is 0 Å². The Morgan fingerprint density at radius 1 is 1.00 bits per heavy atom. The van der Waals surface area contributed by atoms with Crippen molar-refractivity contribution >= 4 is 0 Å². The third-order valence-electron chi connectivity index (χ3n) is 3.39. The van der Waals surface area contributed by atoms with Crippen molar-refractivity contribution in [1.82, 2.24) is 0 Å². The zero-order valence-electron chi connectivity index (χ0n) is 11.9. The molecule has 0 saturated carbocycles. The molecular formula is C14H17N5O2. The second-order valence-electron chi connectivity index (χ2n) is 5.21. The standard InChI is InChI=1S/C14H17N5O2/c1-14(19(20)21,8-12(10-17)4-2-6-15)9-13(11-18)5-3-7-16/h12-13H,2-5,8-9H2,1H3. The number of nitriles is 4. The van der Waals surface area contributed by atoms with Crippen molar-refractivity contribution in [3.63, 3.8) is 0 Å². The van der Waals surface area contributed by atoms with Gasteiger partial charge in [0, 0.05) is 37.5 Å². The highest BCUT2D eigenvalue weighted by molar-refractivity contribution is 4.96. The maximum absolute atomic E-state index is 11.3. The summed E-state index contributed by atoms with van der Waals surface area (Å²) >= 11 is 0. The number of nitrogens with zero attached hydrogens (tertiary/aromatic N) is 5. The maximum atomic E-state index is 11.3. The highest BCUT2D eigenvalue weighted by atomic mass is 16.6. The van der Waals surface area contributed by atoms with E-state index < -0.39 is 22.3 Å². The molecule has 0 radical (unpaired) electrons. The molecule has 0 aliphatic heterocycles. The third-order valence-corrected chi connectivity index (χ3v) is 3.39. The Morgan fingerprint density at radius 2 is 1.38 bits per heavy atom. The lowest BCUT2D eigenvalue weighted by atomic mass is 9.80. The quantitative estimate of drug-likeness (QED) is 0.471. The largest absolute Gasteiger partial charge is 0.264 e. The second kappa shape index (κ2) is 9.29. The molecule has 0 saturated heterocycles. The first-order chi connectivity index (χ1) is 9.93. The molecule has 7 nitrogen and oxygen atoms in total. The molecule has 0 aliphatic rings. The van der Waals surface area contributed by atoms with Gasteiger partial charge in [0.25, 0.3) is 0 Å². The highest BCUT2D eigenvalue weighted by Crippen LogP contribution is 2.31.